The molecule has 152 valence electrons. The van der Waals surface area contributed by atoms with Crippen LogP contribution in [0.5, 0.6) is 5.88 Å². The first-order chi connectivity index (χ1) is 13.1. The highest BCUT2D eigenvalue weighted by Crippen LogP contribution is 2.37. The van der Waals surface area contributed by atoms with Gasteiger partial charge in [-0.05, 0) is 48.7 Å². The summed E-state index contributed by atoms with van der Waals surface area (Å²) in [6, 6.07) is 1.69. The second-order valence-electron chi connectivity index (χ2n) is 6.91. The second-order valence-corrected chi connectivity index (χ2v) is 9.56. The van der Waals surface area contributed by atoms with E-state index in [0.29, 0.717) is 35.7 Å². The van der Waals surface area contributed by atoms with E-state index in [9.17, 15) is 8.42 Å². The Labute approximate surface area is 169 Å². The van der Waals surface area contributed by atoms with Crippen LogP contribution in [0.4, 0.5) is 0 Å². The number of fused-ring (bicyclic) bond motifs is 1. The van der Waals surface area contributed by atoms with Crippen LogP contribution < -0.4 is 4.74 Å². The number of ether oxygens (including phenoxy) is 1. The molecule has 0 radical (unpaired) electrons. The molecule has 1 unspecified atom stereocenters. The lowest BCUT2D eigenvalue weighted by Gasteiger charge is -2.25. The molecule has 0 spiro atoms. The lowest BCUT2D eigenvalue weighted by Crippen LogP contribution is -2.21. The predicted molar refractivity (Wildman–Crippen MR) is 110 cm³/mol. The first-order valence-corrected chi connectivity index (χ1v) is 11.4. The molecular weight excluding hydrogens is 402 g/mol. The van der Waals surface area contributed by atoms with E-state index >= 15 is 0 Å². The van der Waals surface area contributed by atoms with Crippen LogP contribution in [0.3, 0.4) is 0 Å². The fourth-order valence-electron chi connectivity index (χ4n) is 2.87. The number of rotatable bonds is 9. The zero-order valence-electron chi connectivity index (χ0n) is 16.4. The van der Waals surface area contributed by atoms with Crippen molar-refractivity contribution in [3.05, 3.63) is 39.6 Å². The van der Waals surface area contributed by atoms with Crippen LogP contribution in [0.1, 0.15) is 45.6 Å². The van der Waals surface area contributed by atoms with Gasteiger partial charge in [-0.2, -0.15) is 0 Å². The third kappa shape index (κ3) is 5.25. The number of nitrogens with zero attached hydrogens (tertiary/aromatic N) is 5. The van der Waals surface area contributed by atoms with E-state index in [1.807, 2.05) is 20.8 Å². The highest BCUT2D eigenvalue weighted by atomic mass is 35.5. The van der Waals surface area contributed by atoms with Crippen molar-refractivity contribution in [2.24, 2.45) is 5.11 Å². The molecule has 2 aromatic heterocycles. The van der Waals surface area contributed by atoms with Crippen LogP contribution in [0, 0.1) is 0 Å². The van der Waals surface area contributed by atoms with E-state index in [1.165, 1.54) is 6.26 Å². The van der Waals surface area contributed by atoms with Gasteiger partial charge in [0.05, 0.1) is 16.7 Å². The maximum Gasteiger partial charge on any atom is 0.223 e. The maximum atomic E-state index is 11.5. The van der Waals surface area contributed by atoms with Gasteiger partial charge < -0.3 is 4.74 Å². The fraction of sp³-hybridized carbons (Fsp3) is 0.556. The number of halogens is 1. The fourth-order valence-corrected chi connectivity index (χ4v) is 3.72. The highest BCUT2D eigenvalue weighted by Gasteiger charge is 2.27. The molecule has 0 aromatic carbocycles. The molecule has 0 aliphatic rings. The summed E-state index contributed by atoms with van der Waals surface area (Å²) in [5.74, 6) is 0.388. The average molecular weight is 426 g/mol. The van der Waals surface area contributed by atoms with Crippen molar-refractivity contribution in [3.8, 4) is 5.88 Å². The standard InChI is InChI=1S/C18H24ClN5O3S/c1-5-12(7-8-28(4,25)26)27-17-14-10-21-16(19)9-13(14)15(11-22-17)18(3,6-2)23-24-20/h9-12H,5-8H2,1-4H3/t12?,18-/m1/s1. The van der Waals surface area contributed by atoms with Gasteiger partial charge in [-0.25, -0.2) is 18.4 Å². The minimum absolute atomic E-state index is 0.0381. The van der Waals surface area contributed by atoms with Gasteiger partial charge >= 0.3 is 0 Å². The average Bonchev–Trinajstić information content (AvgIpc) is 2.64. The van der Waals surface area contributed by atoms with E-state index in [-0.39, 0.29) is 11.9 Å². The van der Waals surface area contributed by atoms with Crippen molar-refractivity contribution in [3.63, 3.8) is 0 Å². The molecule has 2 rings (SSSR count). The Morgan fingerprint density at radius 1 is 1.32 bits per heavy atom. The van der Waals surface area contributed by atoms with Crippen molar-refractivity contribution in [1.82, 2.24) is 9.97 Å². The Morgan fingerprint density at radius 2 is 2.04 bits per heavy atom. The van der Waals surface area contributed by atoms with E-state index in [4.69, 9.17) is 21.9 Å². The molecule has 2 atom stereocenters. The Kier molecular flexibility index (Phi) is 7.09. The summed E-state index contributed by atoms with van der Waals surface area (Å²) < 4.78 is 28.9. The van der Waals surface area contributed by atoms with Crippen LogP contribution in [-0.2, 0) is 15.4 Å². The number of hydrogen-bond donors (Lipinski definition) is 0. The summed E-state index contributed by atoms with van der Waals surface area (Å²) in [6.07, 6.45) is 5.66. The van der Waals surface area contributed by atoms with Gasteiger partial charge in [0, 0.05) is 23.6 Å². The van der Waals surface area contributed by atoms with Crippen LogP contribution >= 0.6 is 11.6 Å². The first-order valence-electron chi connectivity index (χ1n) is 8.99. The van der Waals surface area contributed by atoms with Crippen molar-refractivity contribution in [2.45, 2.75) is 51.7 Å². The normalized spacial score (nSPS) is 14.9. The molecule has 10 heteroatoms. The molecule has 0 bridgehead atoms. The second kappa shape index (κ2) is 8.94. The van der Waals surface area contributed by atoms with Gasteiger partial charge in [0.1, 0.15) is 21.1 Å². The summed E-state index contributed by atoms with van der Waals surface area (Å²) in [5.41, 5.74) is 8.90. The smallest absolute Gasteiger partial charge is 0.223 e. The largest absolute Gasteiger partial charge is 0.474 e. The maximum absolute atomic E-state index is 11.5. The summed E-state index contributed by atoms with van der Waals surface area (Å²) in [6.45, 7) is 5.68. The van der Waals surface area contributed by atoms with Crippen LogP contribution in [0.2, 0.25) is 5.15 Å². The molecule has 0 aliphatic heterocycles. The Balaban J connectivity index is 2.52. The zero-order chi connectivity index (χ0) is 20.9. The number of hydrogen-bond acceptors (Lipinski definition) is 6. The van der Waals surface area contributed by atoms with Gasteiger partial charge in [-0.15, -0.1) is 0 Å². The van der Waals surface area contributed by atoms with Gasteiger partial charge in [-0.1, -0.05) is 30.6 Å². The van der Waals surface area contributed by atoms with Crippen molar-refractivity contribution < 1.29 is 13.2 Å². The Bertz CT molecular complexity index is 1010. The number of azide groups is 1. The third-order valence-electron chi connectivity index (χ3n) is 4.78. The molecule has 0 saturated carbocycles. The third-order valence-corrected chi connectivity index (χ3v) is 5.96. The van der Waals surface area contributed by atoms with Crippen molar-refractivity contribution >= 4 is 32.2 Å². The lowest BCUT2D eigenvalue weighted by atomic mass is 9.88. The quantitative estimate of drug-likeness (QED) is 0.247. The van der Waals surface area contributed by atoms with Gasteiger partial charge in [0.25, 0.3) is 0 Å². The molecule has 0 amide bonds. The van der Waals surface area contributed by atoms with Crippen molar-refractivity contribution in [1.29, 1.82) is 0 Å². The topological polar surface area (TPSA) is 118 Å². The molecule has 28 heavy (non-hydrogen) atoms. The summed E-state index contributed by atoms with van der Waals surface area (Å²) in [7, 11) is -3.08. The molecule has 2 heterocycles. The molecule has 2 aromatic rings. The molecule has 0 saturated heterocycles. The van der Waals surface area contributed by atoms with E-state index in [1.54, 1.807) is 18.5 Å². The molecule has 0 fully saturated rings. The minimum Gasteiger partial charge on any atom is -0.474 e. The summed E-state index contributed by atoms with van der Waals surface area (Å²) in [5, 5.41) is 5.63. The minimum atomic E-state index is -3.08. The molecule has 0 N–H and O–H groups in total. The number of sulfone groups is 1. The summed E-state index contributed by atoms with van der Waals surface area (Å²) in [4.78, 5) is 11.5. The monoisotopic (exact) mass is 425 g/mol. The van der Waals surface area contributed by atoms with E-state index < -0.39 is 15.4 Å². The van der Waals surface area contributed by atoms with Crippen LogP contribution in [0.25, 0.3) is 21.2 Å². The van der Waals surface area contributed by atoms with Crippen molar-refractivity contribution in [2.75, 3.05) is 12.0 Å². The SMILES string of the molecule is CCC(CCS(C)(=O)=O)Oc1ncc([C@@](C)(CC)N=[N+]=[N-])c2cc(Cl)ncc12. The molecule has 0 aliphatic carbocycles. The van der Waals surface area contributed by atoms with E-state index in [2.05, 4.69) is 20.0 Å². The van der Waals surface area contributed by atoms with Gasteiger partial charge in [0.15, 0.2) is 0 Å². The Morgan fingerprint density at radius 3 is 2.61 bits per heavy atom. The van der Waals surface area contributed by atoms with Crippen LogP contribution in [0.15, 0.2) is 23.6 Å². The van der Waals surface area contributed by atoms with Crippen LogP contribution in [-0.4, -0.2) is 36.5 Å². The predicted octanol–water partition coefficient (Wildman–Crippen LogP) is 4.81. The number of pyridine rings is 2. The van der Waals surface area contributed by atoms with Gasteiger partial charge in [-0.3, -0.25) is 0 Å². The molecule has 8 nitrogen and oxygen atoms in total. The first kappa shape index (κ1) is 22.2. The Hall–Kier alpha value is -2.09. The lowest BCUT2D eigenvalue weighted by molar-refractivity contribution is 0.188. The van der Waals surface area contributed by atoms with E-state index in [0.717, 1.165) is 10.9 Å². The number of aromatic nitrogens is 2. The summed E-state index contributed by atoms with van der Waals surface area (Å²) >= 11 is 6.10. The highest BCUT2D eigenvalue weighted by molar-refractivity contribution is 7.90. The molecular formula is C18H24ClN5O3S. The zero-order valence-corrected chi connectivity index (χ0v) is 18.0. The van der Waals surface area contributed by atoms with Gasteiger partial charge in [0.2, 0.25) is 5.88 Å².